The molecule has 23 heavy (non-hydrogen) atoms. The third-order valence-electron chi connectivity index (χ3n) is 5.21. The van der Waals surface area contributed by atoms with Crippen LogP contribution in [0.15, 0.2) is 34.4 Å². The molecule has 0 aromatic heterocycles. The van der Waals surface area contributed by atoms with Gasteiger partial charge in [0.05, 0.1) is 23.7 Å². The van der Waals surface area contributed by atoms with Gasteiger partial charge in [0.15, 0.2) is 0 Å². The van der Waals surface area contributed by atoms with Crippen molar-refractivity contribution in [1.82, 2.24) is 0 Å². The van der Waals surface area contributed by atoms with Crippen molar-refractivity contribution in [2.24, 2.45) is 0 Å². The molecule has 0 bridgehead atoms. The molecule has 0 unspecified atom stereocenters. The van der Waals surface area contributed by atoms with E-state index in [2.05, 4.69) is 32.9 Å². The van der Waals surface area contributed by atoms with Crippen molar-refractivity contribution in [2.75, 3.05) is 6.61 Å². The van der Waals surface area contributed by atoms with Gasteiger partial charge < -0.3 is 9.84 Å². The van der Waals surface area contributed by atoms with Crippen molar-refractivity contribution in [3.05, 3.63) is 34.4 Å². The van der Waals surface area contributed by atoms with Gasteiger partial charge in [-0.05, 0) is 77.4 Å². The van der Waals surface area contributed by atoms with Gasteiger partial charge in [-0.1, -0.05) is 23.3 Å². The maximum atomic E-state index is 10.6. The lowest BCUT2D eigenvalue weighted by Gasteiger charge is -2.28. The predicted octanol–water partition coefficient (Wildman–Crippen LogP) is 5.31. The second-order valence-electron chi connectivity index (χ2n) is 7.50. The summed E-state index contributed by atoms with van der Waals surface area (Å²) in [7, 11) is 0. The summed E-state index contributed by atoms with van der Waals surface area (Å²) in [6.45, 7) is 9.12. The van der Waals surface area contributed by atoms with Gasteiger partial charge in [0, 0.05) is 0 Å². The van der Waals surface area contributed by atoms with E-state index in [0.717, 1.165) is 38.7 Å². The molecule has 0 saturated heterocycles. The van der Waals surface area contributed by atoms with Crippen LogP contribution in [-0.4, -0.2) is 28.8 Å². The summed E-state index contributed by atoms with van der Waals surface area (Å²) in [5.41, 5.74) is 4.71. The first-order chi connectivity index (χ1) is 10.8. The topological polar surface area (TPSA) is 29.5 Å². The summed E-state index contributed by atoms with van der Waals surface area (Å²) in [6, 6.07) is 0. The van der Waals surface area contributed by atoms with Gasteiger partial charge in [-0.2, -0.15) is 0 Å². The molecular formula is C20H31ClO2. The molecule has 2 nitrogen and oxygen atoms in total. The highest BCUT2D eigenvalue weighted by atomic mass is 35.5. The molecule has 0 aromatic carbocycles. The Hall–Kier alpha value is -0.570. The fourth-order valence-electron chi connectivity index (χ4n) is 3.36. The van der Waals surface area contributed by atoms with Crippen LogP contribution in [0.25, 0.3) is 0 Å². The van der Waals surface area contributed by atoms with Crippen LogP contribution >= 0.6 is 11.6 Å². The van der Waals surface area contributed by atoms with Gasteiger partial charge in [-0.3, -0.25) is 0 Å². The maximum Gasteiger partial charge on any atom is 0.0977 e. The van der Waals surface area contributed by atoms with Crippen LogP contribution in [0, 0.1) is 0 Å². The number of aliphatic hydroxyl groups is 1. The number of hydrogen-bond acceptors (Lipinski definition) is 2. The van der Waals surface area contributed by atoms with E-state index < -0.39 is 5.60 Å². The highest BCUT2D eigenvalue weighted by molar-refractivity contribution is 6.21. The van der Waals surface area contributed by atoms with E-state index in [-0.39, 0.29) is 11.5 Å². The predicted molar refractivity (Wildman–Crippen MR) is 97.9 cm³/mol. The molecule has 0 amide bonds. The molecule has 2 rings (SSSR count). The number of alkyl halides is 1. The lowest BCUT2D eigenvalue weighted by molar-refractivity contribution is 0.0450. The summed E-state index contributed by atoms with van der Waals surface area (Å²) in [5.74, 6) is 0. The third-order valence-corrected chi connectivity index (χ3v) is 5.89. The van der Waals surface area contributed by atoms with Crippen molar-refractivity contribution >= 4 is 11.6 Å². The number of hydrogen-bond donors (Lipinski definition) is 1. The Labute approximate surface area is 146 Å². The minimum absolute atomic E-state index is 0.125. The van der Waals surface area contributed by atoms with Gasteiger partial charge >= 0.3 is 0 Å². The number of rotatable bonds is 0. The van der Waals surface area contributed by atoms with Crippen LogP contribution in [0.4, 0.5) is 0 Å². The van der Waals surface area contributed by atoms with Crippen molar-refractivity contribution in [3.8, 4) is 0 Å². The Kier molecular flexibility index (Phi) is 6.53. The Morgan fingerprint density at radius 1 is 1.17 bits per heavy atom. The lowest BCUT2D eigenvalue weighted by Crippen LogP contribution is -2.35. The first-order valence-corrected chi connectivity index (χ1v) is 9.22. The van der Waals surface area contributed by atoms with E-state index in [4.69, 9.17) is 16.3 Å². The first-order valence-electron chi connectivity index (χ1n) is 8.79. The standard InChI is InChI=1S/C20H31ClO2/c1-14-6-5-11-20(4,22)19(21)10-8-15(2)12-18-17(9-7-14)16(3)13-23-18/h6,12,18-19,22H,5,7-11,13H2,1-4H3/b14-6+,15-12+/t18-,19+,20-/m0/s1. The molecule has 1 aliphatic carbocycles. The minimum Gasteiger partial charge on any atom is -0.389 e. The van der Waals surface area contributed by atoms with Crippen molar-refractivity contribution < 1.29 is 9.84 Å². The smallest absolute Gasteiger partial charge is 0.0977 e. The molecule has 3 heteroatoms. The molecule has 0 saturated carbocycles. The van der Waals surface area contributed by atoms with Gasteiger partial charge in [-0.15, -0.1) is 11.6 Å². The van der Waals surface area contributed by atoms with Crippen molar-refractivity contribution in [2.45, 2.75) is 83.3 Å². The molecule has 1 N–H and O–H groups in total. The molecule has 1 aliphatic heterocycles. The molecule has 1 heterocycles. The van der Waals surface area contributed by atoms with Crippen LogP contribution in [-0.2, 0) is 4.74 Å². The summed E-state index contributed by atoms with van der Waals surface area (Å²) >= 11 is 6.48. The SMILES string of the molecule is CC1=C2CC/C(C)=C/CC[C@](C)(O)[C@H](Cl)CC/C(C)=C/[C@@H]2OC1. The maximum absolute atomic E-state index is 10.6. The van der Waals surface area contributed by atoms with E-state index in [0.29, 0.717) is 6.42 Å². The summed E-state index contributed by atoms with van der Waals surface area (Å²) in [6.07, 6.45) is 10.1. The van der Waals surface area contributed by atoms with Gasteiger partial charge in [0.25, 0.3) is 0 Å². The average Bonchev–Trinajstić information content (AvgIpc) is 2.82. The average molecular weight is 339 g/mol. The number of allylic oxidation sites excluding steroid dienone is 3. The summed E-state index contributed by atoms with van der Waals surface area (Å²) in [5, 5.41) is 10.4. The zero-order valence-corrected chi connectivity index (χ0v) is 15.7. The normalized spacial score (nSPS) is 39.0. The molecule has 130 valence electrons. The number of fused-ring (bicyclic) bond motifs is 1. The Balaban J connectivity index is 2.20. The van der Waals surface area contributed by atoms with Crippen LogP contribution in [0.2, 0.25) is 0 Å². The van der Waals surface area contributed by atoms with Crippen molar-refractivity contribution in [3.63, 3.8) is 0 Å². The van der Waals surface area contributed by atoms with Crippen LogP contribution < -0.4 is 0 Å². The monoisotopic (exact) mass is 338 g/mol. The summed E-state index contributed by atoms with van der Waals surface area (Å²) in [4.78, 5) is 0. The Morgan fingerprint density at radius 2 is 1.91 bits per heavy atom. The molecular weight excluding hydrogens is 308 g/mol. The molecule has 0 aromatic rings. The first kappa shape index (κ1) is 18.8. The molecule has 0 radical (unpaired) electrons. The Morgan fingerprint density at radius 3 is 2.65 bits per heavy atom. The lowest BCUT2D eigenvalue weighted by atomic mass is 9.90. The zero-order valence-electron chi connectivity index (χ0n) is 15.0. The largest absolute Gasteiger partial charge is 0.389 e. The van der Waals surface area contributed by atoms with Gasteiger partial charge in [0.2, 0.25) is 0 Å². The van der Waals surface area contributed by atoms with Gasteiger partial charge in [0.1, 0.15) is 0 Å². The molecule has 2 aliphatic rings. The second kappa shape index (κ2) is 8.00. The van der Waals surface area contributed by atoms with Crippen LogP contribution in [0.3, 0.4) is 0 Å². The van der Waals surface area contributed by atoms with Gasteiger partial charge in [-0.25, -0.2) is 0 Å². The molecule has 0 fully saturated rings. The highest BCUT2D eigenvalue weighted by Crippen LogP contribution is 2.31. The van der Waals surface area contributed by atoms with Crippen LogP contribution in [0.1, 0.15) is 66.2 Å². The fourth-order valence-corrected chi connectivity index (χ4v) is 3.58. The third kappa shape index (κ3) is 5.20. The number of ether oxygens (including phenoxy) is 1. The minimum atomic E-state index is -0.811. The number of halogens is 1. The Bertz CT molecular complexity index is 514. The van der Waals surface area contributed by atoms with E-state index in [1.54, 1.807) is 0 Å². The molecule has 0 spiro atoms. The van der Waals surface area contributed by atoms with E-state index in [9.17, 15) is 5.11 Å². The fraction of sp³-hybridized carbons (Fsp3) is 0.700. The van der Waals surface area contributed by atoms with E-state index >= 15 is 0 Å². The second-order valence-corrected chi connectivity index (χ2v) is 8.03. The summed E-state index contributed by atoms with van der Waals surface area (Å²) < 4.78 is 5.95. The van der Waals surface area contributed by atoms with E-state index in [1.165, 1.54) is 22.3 Å². The highest BCUT2D eigenvalue weighted by Gasteiger charge is 2.29. The van der Waals surface area contributed by atoms with Crippen LogP contribution in [0.5, 0.6) is 0 Å². The van der Waals surface area contributed by atoms with Crippen molar-refractivity contribution in [1.29, 1.82) is 0 Å². The molecule has 3 atom stereocenters. The zero-order chi connectivity index (χ0) is 17.0. The van der Waals surface area contributed by atoms with E-state index in [1.807, 2.05) is 6.92 Å². The quantitative estimate of drug-likeness (QED) is 0.479.